The molecule has 74 valence electrons. The molecule has 1 saturated carbocycles. The highest BCUT2D eigenvalue weighted by Crippen LogP contribution is 2.32. The summed E-state index contributed by atoms with van der Waals surface area (Å²) in [5.74, 6) is 0.742. The monoisotopic (exact) mass is 182 g/mol. The van der Waals surface area contributed by atoms with Crippen LogP contribution in [0.1, 0.15) is 32.1 Å². The van der Waals surface area contributed by atoms with Crippen molar-refractivity contribution in [3.63, 3.8) is 0 Å². The fourth-order valence-corrected chi connectivity index (χ4v) is 2.38. The van der Waals surface area contributed by atoms with Gasteiger partial charge in [0.2, 0.25) is 0 Å². The van der Waals surface area contributed by atoms with Crippen LogP contribution in [0.5, 0.6) is 0 Å². The molecule has 0 amide bonds. The third kappa shape index (κ3) is 2.75. The minimum absolute atomic E-state index is 0.00519. The molecule has 2 nitrogen and oxygen atoms in total. The van der Waals surface area contributed by atoms with Gasteiger partial charge in [0.25, 0.3) is 0 Å². The number of methoxy groups -OCH3 is 1. The van der Waals surface area contributed by atoms with Gasteiger partial charge in [0.1, 0.15) is 7.85 Å². The zero-order valence-electron chi connectivity index (χ0n) is 8.71. The van der Waals surface area contributed by atoms with Gasteiger partial charge in [-0.25, -0.2) is 0 Å². The Morgan fingerprint density at radius 2 is 2.08 bits per heavy atom. The van der Waals surface area contributed by atoms with E-state index in [0.29, 0.717) is 5.92 Å². The molecule has 1 rings (SSSR count). The molecule has 0 bridgehead atoms. The maximum absolute atomic E-state index is 11.4. The lowest BCUT2D eigenvalue weighted by Crippen LogP contribution is -2.26. The van der Waals surface area contributed by atoms with Crippen molar-refractivity contribution in [1.82, 2.24) is 0 Å². The first-order chi connectivity index (χ1) is 6.29. The van der Waals surface area contributed by atoms with Gasteiger partial charge >= 0.3 is 5.97 Å². The average Bonchev–Trinajstić information content (AvgIpc) is 2.20. The first kappa shape index (κ1) is 10.6. The molecule has 0 N–H and O–H groups in total. The molecule has 1 atom stereocenters. The Kier molecular flexibility index (Phi) is 4.33. The Morgan fingerprint density at radius 3 is 2.54 bits per heavy atom. The van der Waals surface area contributed by atoms with Crippen molar-refractivity contribution in [3.8, 4) is 0 Å². The Morgan fingerprint density at radius 1 is 1.46 bits per heavy atom. The zero-order valence-corrected chi connectivity index (χ0v) is 8.71. The summed E-state index contributed by atoms with van der Waals surface area (Å²) in [5, 5.41) is 0. The van der Waals surface area contributed by atoms with E-state index in [1.54, 1.807) is 0 Å². The van der Waals surface area contributed by atoms with Crippen LogP contribution in [0.4, 0.5) is 0 Å². The number of carbonyl (C=O) groups is 1. The van der Waals surface area contributed by atoms with Crippen molar-refractivity contribution >= 4 is 13.8 Å². The molecule has 0 heterocycles. The van der Waals surface area contributed by atoms with Crippen molar-refractivity contribution in [2.75, 3.05) is 7.11 Å². The molecule has 0 aliphatic heterocycles. The van der Waals surface area contributed by atoms with Crippen LogP contribution in [0.2, 0.25) is 6.32 Å². The summed E-state index contributed by atoms with van der Waals surface area (Å²) in [6, 6.07) is 0. The van der Waals surface area contributed by atoms with Gasteiger partial charge in [0, 0.05) is 0 Å². The second kappa shape index (κ2) is 5.30. The molecule has 0 spiro atoms. The molecule has 1 fully saturated rings. The molecular weight excluding hydrogens is 163 g/mol. The lowest BCUT2D eigenvalue weighted by atomic mass is 9.74. The standard InChI is InChI=1S/C10H19BO2/c1-13-10(12)9(7-11)8-5-3-2-4-6-8/h8-9H,2-7,11H2,1H3/t9-/m0/s1. The Labute approximate surface area is 81.4 Å². The van der Waals surface area contributed by atoms with Gasteiger partial charge in [-0.1, -0.05) is 25.6 Å². The van der Waals surface area contributed by atoms with E-state index < -0.39 is 0 Å². The molecule has 0 aromatic carbocycles. The fourth-order valence-electron chi connectivity index (χ4n) is 2.38. The van der Waals surface area contributed by atoms with E-state index in [-0.39, 0.29) is 11.9 Å². The highest BCUT2D eigenvalue weighted by molar-refractivity contribution is 6.10. The van der Waals surface area contributed by atoms with Gasteiger partial charge in [0.15, 0.2) is 0 Å². The molecule has 0 aromatic heterocycles. The minimum atomic E-state index is -0.00519. The molecule has 13 heavy (non-hydrogen) atoms. The molecule has 1 aliphatic rings. The van der Waals surface area contributed by atoms with Crippen LogP contribution < -0.4 is 0 Å². The highest BCUT2D eigenvalue weighted by atomic mass is 16.5. The van der Waals surface area contributed by atoms with E-state index in [1.165, 1.54) is 39.2 Å². The van der Waals surface area contributed by atoms with E-state index >= 15 is 0 Å². The van der Waals surface area contributed by atoms with Crippen molar-refractivity contribution in [2.24, 2.45) is 11.8 Å². The van der Waals surface area contributed by atoms with Crippen molar-refractivity contribution in [1.29, 1.82) is 0 Å². The summed E-state index contributed by atoms with van der Waals surface area (Å²) in [4.78, 5) is 11.4. The summed E-state index contributed by atoms with van der Waals surface area (Å²) in [6.45, 7) is 0. The molecule has 3 heteroatoms. The summed E-state index contributed by atoms with van der Waals surface area (Å²) in [6.07, 6.45) is 7.28. The Hall–Kier alpha value is -0.465. The van der Waals surface area contributed by atoms with Crippen LogP contribution in [0, 0.1) is 11.8 Å². The zero-order chi connectivity index (χ0) is 9.68. The average molecular weight is 182 g/mol. The summed E-state index contributed by atoms with van der Waals surface area (Å²) in [5.41, 5.74) is 0. The summed E-state index contributed by atoms with van der Waals surface area (Å²) >= 11 is 0. The number of esters is 1. The van der Waals surface area contributed by atoms with Crippen molar-refractivity contribution in [3.05, 3.63) is 0 Å². The maximum atomic E-state index is 11.4. The van der Waals surface area contributed by atoms with E-state index in [9.17, 15) is 4.79 Å². The SMILES string of the molecule is BC[C@H](C(=O)OC)C1CCCCC1. The number of carbonyl (C=O) groups excluding carboxylic acids is 1. The second-order valence-corrected chi connectivity index (χ2v) is 3.94. The van der Waals surface area contributed by atoms with Gasteiger partial charge in [0.05, 0.1) is 13.0 Å². The smallest absolute Gasteiger partial charge is 0.308 e. The van der Waals surface area contributed by atoms with Gasteiger partial charge in [-0.05, 0) is 18.8 Å². The van der Waals surface area contributed by atoms with E-state index in [2.05, 4.69) is 7.85 Å². The number of ether oxygens (including phenoxy) is 1. The second-order valence-electron chi connectivity index (χ2n) is 3.94. The van der Waals surface area contributed by atoms with Gasteiger partial charge < -0.3 is 4.74 Å². The molecular formula is C10H19BO2. The Balaban J connectivity index is 2.48. The van der Waals surface area contributed by atoms with E-state index in [0.717, 1.165) is 6.32 Å². The first-order valence-electron chi connectivity index (χ1n) is 5.37. The quantitative estimate of drug-likeness (QED) is 0.487. The fraction of sp³-hybridized carbons (Fsp3) is 0.900. The predicted octanol–water partition coefficient (Wildman–Crippen LogP) is 1.41. The number of hydrogen-bond donors (Lipinski definition) is 0. The predicted molar refractivity (Wildman–Crippen MR) is 55.4 cm³/mol. The molecule has 1 aliphatic carbocycles. The van der Waals surface area contributed by atoms with Crippen LogP contribution in [0.3, 0.4) is 0 Å². The van der Waals surface area contributed by atoms with E-state index in [4.69, 9.17) is 4.74 Å². The topological polar surface area (TPSA) is 26.3 Å². The number of hydrogen-bond acceptors (Lipinski definition) is 2. The largest absolute Gasteiger partial charge is 0.469 e. The first-order valence-corrected chi connectivity index (χ1v) is 5.37. The van der Waals surface area contributed by atoms with Gasteiger partial charge in [-0.3, -0.25) is 4.79 Å². The van der Waals surface area contributed by atoms with Crippen LogP contribution in [0.25, 0.3) is 0 Å². The van der Waals surface area contributed by atoms with Crippen LogP contribution in [0.15, 0.2) is 0 Å². The van der Waals surface area contributed by atoms with Gasteiger partial charge in [-0.2, -0.15) is 0 Å². The van der Waals surface area contributed by atoms with E-state index in [1.807, 2.05) is 0 Å². The lowest BCUT2D eigenvalue weighted by Gasteiger charge is -2.27. The maximum Gasteiger partial charge on any atom is 0.308 e. The lowest BCUT2D eigenvalue weighted by molar-refractivity contribution is -0.147. The number of rotatable bonds is 3. The van der Waals surface area contributed by atoms with Gasteiger partial charge in [-0.15, -0.1) is 0 Å². The normalized spacial score (nSPS) is 21.0. The van der Waals surface area contributed by atoms with Crippen molar-refractivity contribution < 1.29 is 9.53 Å². The molecule has 0 aromatic rings. The molecule has 0 radical (unpaired) electrons. The summed E-state index contributed by atoms with van der Waals surface area (Å²) in [7, 11) is 3.57. The highest BCUT2D eigenvalue weighted by Gasteiger charge is 2.28. The van der Waals surface area contributed by atoms with Crippen LogP contribution in [-0.2, 0) is 9.53 Å². The van der Waals surface area contributed by atoms with Crippen LogP contribution >= 0.6 is 0 Å². The molecule has 0 saturated heterocycles. The molecule has 0 unspecified atom stereocenters. The van der Waals surface area contributed by atoms with Crippen molar-refractivity contribution in [2.45, 2.75) is 38.4 Å². The van der Waals surface area contributed by atoms with Crippen LogP contribution in [-0.4, -0.2) is 20.9 Å². The Bertz CT molecular complexity index is 164. The third-order valence-electron chi connectivity index (χ3n) is 3.16. The minimum Gasteiger partial charge on any atom is -0.469 e. The summed E-state index contributed by atoms with van der Waals surface area (Å²) < 4.78 is 4.82. The third-order valence-corrected chi connectivity index (χ3v) is 3.16.